The van der Waals surface area contributed by atoms with Crippen molar-refractivity contribution < 1.29 is 9.90 Å². The summed E-state index contributed by atoms with van der Waals surface area (Å²) in [5.74, 6) is -0.0758. The van der Waals surface area contributed by atoms with Gasteiger partial charge in [-0.2, -0.15) is 0 Å². The van der Waals surface area contributed by atoms with Gasteiger partial charge in [-0.15, -0.1) is 0 Å². The molecule has 5 nitrogen and oxygen atoms in total. The minimum absolute atomic E-state index is 0.0620. The van der Waals surface area contributed by atoms with Gasteiger partial charge in [-0.25, -0.2) is 0 Å². The Morgan fingerprint density at radius 1 is 1.00 bits per heavy atom. The SMILES string of the molecule is N[C@@H]1C[C@H](C(=O)NC2CCN(Cc3ccc(-c4ccccc4)cc3)CC2)C[C@H]1O. The number of hydrogen-bond acceptors (Lipinski definition) is 4. The van der Waals surface area contributed by atoms with Crippen LogP contribution in [0.4, 0.5) is 0 Å². The average molecular weight is 394 g/mol. The van der Waals surface area contributed by atoms with Crippen molar-refractivity contribution in [2.24, 2.45) is 11.7 Å². The van der Waals surface area contributed by atoms with Gasteiger partial charge < -0.3 is 16.2 Å². The highest BCUT2D eigenvalue weighted by molar-refractivity contribution is 5.79. The minimum Gasteiger partial charge on any atom is -0.391 e. The van der Waals surface area contributed by atoms with E-state index in [1.165, 1.54) is 16.7 Å². The second kappa shape index (κ2) is 9.08. The number of carbonyl (C=O) groups excluding carboxylic acids is 1. The number of aliphatic hydroxyl groups excluding tert-OH is 1. The Hall–Kier alpha value is -2.21. The molecule has 0 aromatic heterocycles. The molecule has 0 unspecified atom stereocenters. The number of benzene rings is 2. The van der Waals surface area contributed by atoms with Crippen molar-refractivity contribution in [2.45, 2.75) is 50.4 Å². The molecule has 2 aliphatic rings. The van der Waals surface area contributed by atoms with Crippen molar-refractivity contribution in [3.05, 3.63) is 60.2 Å². The number of amides is 1. The lowest BCUT2D eigenvalue weighted by Crippen LogP contribution is -2.46. The zero-order valence-corrected chi connectivity index (χ0v) is 16.8. The van der Waals surface area contributed by atoms with Crippen LogP contribution in [0, 0.1) is 5.92 Å². The van der Waals surface area contributed by atoms with Gasteiger partial charge in [0.15, 0.2) is 0 Å². The summed E-state index contributed by atoms with van der Waals surface area (Å²) >= 11 is 0. The maximum Gasteiger partial charge on any atom is 0.223 e. The van der Waals surface area contributed by atoms with Gasteiger partial charge in [0, 0.05) is 37.6 Å². The first-order valence-electron chi connectivity index (χ1n) is 10.7. The van der Waals surface area contributed by atoms with Crippen molar-refractivity contribution >= 4 is 5.91 Å². The van der Waals surface area contributed by atoms with Gasteiger partial charge in [0.1, 0.15) is 0 Å². The molecule has 4 rings (SSSR count). The summed E-state index contributed by atoms with van der Waals surface area (Å²) in [5, 5.41) is 12.9. The second-order valence-corrected chi connectivity index (χ2v) is 8.52. The third kappa shape index (κ3) is 5.04. The van der Waals surface area contributed by atoms with E-state index in [-0.39, 0.29) is 23.9 Å². The highest BCUT2D eigenvalue weighted by Crippen LogP contribution is 2.26. The Morgan fingerprint density at radius 2 is 1.66 bits per heavy atom. The highest BCUT2D eigenvalue weighted by atomic mass is 16.3. The largest absolute Gasteiger partial charge is 0.391 e. The summed E-state index contributed by atoms with van der Waals surface area (Å²) in [5.41, 5.74) is 9.64. The summed E-state index contributed by atoms with van der Waals surface area (Å²) in [6, 6.07) is 19.2. The number of nitrogens with zero attached hydrogens (tertiary/aromatic N) is 1. The van der Waals surface area contributed by atoms with E-state index in [4.69, 9.17) is 5.73 Å². The maximum absolute atomic E-state index is 12.4. The van der Waals surface area contributed by atoms with E-state index >= 15 is 0 Å². The van der Waals surface area contributed by atoms with Crippen LogP contribution in [0.15, 0.2) is 54.6 Å². The molecule has 5 heteroatoms. The molecule has 2 aromatic rings. The molecule has 0 bridgehead atoms. The fraction of sp³-hybridized carbons (Fsp3) is 0.458. The smallest absolute Gasteiger partial charge is 0.223 e. The predicted molar refractivity (Wildman–Crippen MR) is 115 cm³/mol. The summed E-state index contributed by atoms with van der Waals surface area (Å²) < 4.78 is 0. The number of hydrogen-bond donors (Lipinski definition) is 3. The molecule has 1 heterocycles. The van der Waals surface area contributed by atoms with Crippen LogP contribution in [0.2, 0.25) is 0 Å². The fourth-order valence-electron chi connectivity index (χ4n) is 4.51. The first kappa shape index (κ1) is 20.1. The van der Waals surface area contributed by atoms with Crippen LogP contribution >= 0.6 is 0 Å². The number of nitrogens with one attached hydrogen (secondary N) is 1. The lowest BCUT2D eigenvalue weighted by atomic mass is 10.0. The van der Waals surface area contributed by atoms with Crippen LogP contribution in [0.25, 0.3) is 11.1 Å². The van der Waals surface area contributed by atoms with Crippen LogP contribution in [-0.2, 0) is 11.3 Å². The molecule has 0 spiro atoms. The Labute approximate surface area is 172 Å². The minimum atomic E-state index is -0.541. The van der Waals surface area contributed by atoms with E-state index in [0.29, 0.717) is 12.8 Å². The first-order chi connectivity index (χ1) is 14.1. The summed E-state index contributed by atoms with van der Waals surface area (Å²) in [6.45, 7) is 2.91. The fourth-order valence-corrected chi connectivity index (χ4v) is 4.51. The third-order valence-electron chi connectivity index (χ3n) is 6.35. The standard InChI is InChI=1S/C24H31N3O2/c25-22-14-20(15-23(22)28)24(29)26-21-10-12-27(13-11-21)16-17-6-8-19(9-7-17)18-4-2-1-3-5-18/h1-9,20-23,28H,10-16,25H2,(H,26,29)/t20-,22+,23+/m0/s1. The number of aliphatic hydroxyl groups is 1. The average Bonchev–Trinajstić information content (AvgIpc) is 3.09. The van der Waals surface area contributed by atoms with E-state index in [2.05, 4.69) is 58.7 Å². The Morgan fingerprint density at radius 3 is 2.28 bits per heavy atom. The molecule has 29 heavy (non-hydrogen) atoms. The van der Waals surface area contributed by atoms with Gasteiger partial charge in [-0.05, 0) is 42.4 Å². The predicted octanol–water partition coefficient (Wildman–Crippen LogP) is 2.53. The van der Waals surface area contributed by atoms with Crippen LogP contribution in [0.1, 0.15) is 31.2 Å². The molecule has 1 aliphatic carbocycles. The van der Waals surface area contributed by atoms with Crippen molar-refractivity contribution in [3.8, 4) is 11.1 Å². The van der Waals surface area contributed by atoms with Crippen LogP contribution in [-0.4, -0.2) is 47.2 Å². The molecule has 1 saturated heterocycles. The van der Waals surface area contributed by atoms with Crippen molar-refractivity contribution in [1.29, 1.82) is 0 Å². The first-order valence-corrected chi connectivity index (χ1v) is 10.7. The summed E-state index contributed by atoms with van der Waals surface area (Å²) in [4.78, 5) is 14.9. The lowest BCUT2D eigenvalue weighted by Gasteiger charge is -2.33. The second-order valence-electron chi connectivity index (χ2n) is 8.52. The van der Waals surface area contributed by atoms with Gasteiger partial charge in [0.05, 0.1) is 6.10 Å². The normalized spacial score (nSPS) is 25.8. The number of piperidine rings is 1. The molecule has 3 atom stereocenters. The molecule has 2 aromatic carbocycles. The van der Waals surface area contributed by atoms with Crippen molar-refractivity contribution in [3.63, 3.8) is 0 Å². The molecule has 2 fully saturated rings. The van der Waals surface area contributed by atoms with E-state index in [1.54, 1.807) is 0 Å². The Kier molecular flexibility index (Phi) is 6.28. The highest BCUT2D eigenvalue weighted by Gasteiger charge is 2.35. The number of nitrogens with two attached hydrogens (primary N) is 1. The van der Waals surface area contributed by atoms with E-state index in [0.717, 1.165) is 32.5 Å². The van der Waals surface area contributed by atoms with Crippen LogP contribution in [0.5, 0.6) is 0 Å². The molecule has 1 aliphatic heterocycles. The Bertz CT molecular complexity index is 791. The molecular formula is C24H31N3O2. The summed E-state index contributed by atoms with van der Waals surface area (Å²) in [7, 11) is 0. The van der Waals surface area contributed by atoms with Gasteiger partial charge in [-0.1, -0.05) is 54.6 Å². The molecule has 4 N–H and O–H groups in total. The topological polar surface area (TPSA) is 78.6 Å². The van der Waals surface area contributed by atoms with Gasteiger partial charge in [0.25, 0.3) is 0 Å². The number of carbonyl (C=O) groups is 1. The monoisotopic (exact) mass is 393 g/mol. The van der Waals surface area contributed by atoms with Crippen LogP contribution < -0.4 is 11.1 Å². The maximum atomic E-state index is 12.4. The number of likely N-dealkylation sites (tertiary alicyclic amines) is 1. The van der Waals surface area contributed by atoms with E-state index < -0.39 is 6.10 Å². The molecule has 1 amide bonds. The molecular weight excluding hydrogens is 362 g/mol. The van der Waals surface area contributed by atoms with E-state index in [1.807, 2.05) is 6.07 Å². The van der Waals surface area contributed by atoms with E-state index in [9.17, 15) is 9.90 Å². The Balaban J connectivity index is 1.23. The van der Waals surface area contributed by atoms with Gasteiger partial charge >= 0.3 is 0 Å². The van der Waals surface area contributed by atoms with Crippen molar-refractivity contribution in [2.75, 3.05) is 13.1 Å². The number of rotatable bonds is 5. The van der Waals surface area contributed by atoms with Gasteiger partial charge in [0.2, 0.25) is 5.91 Å². The third-order valence-corrected chi connectivity index (χ3v) is 6.35. The molecule has 0 radical (unpaired) electrons. The van der Waals surface area contributed by atoms with Gasteiger partial charge in [-0.3, -0.25) is 9.69 Å². The van der Waals surface area contributed by atoms with Crippen molar-refractivity contribution in [1.82, 2.24) is 10.2 Å². The van der Waals surface area contributed by atoms with Crippen LogP contribution in [0.3, 0.4) is 0 Å². The molecule has 154 valence electrons. The lowest BCUT2D eigenvalue weighted by molar-refractivity contribution is -0.126. The zero-order valence-electron chi connectivity index (χ0n) is 16.8. The summed E-state index contributed by atoms with van der Waals surface area (Å²) in [6.07, 6.45) is 2.47. The zero-order chi connectivity index (χ0) is 20.2. The quantitative estimate of drug-likeness (QED) is 0.729. The molecule has 1 saturated carbocycles.